The van der Waals surface area contributed by atoms with Crippen LogP contribution in [0.3, 0.4) is 0 Å². The van der Waals surface area contributed by atoms with Gasteiger partial charge in [-0.05, 0) is 47.7 Å². The fraction of sp³-hybridized carbons (Fsp3) is 0.267. The molecule has 2 aliphatic heterocycles. The molecule has 0 unspecified atom stereocenters. The Kier molecular flexibility index (Phi) is 2.77. The summed E-state index contributed by atoms with van der Waals surface area (Å²) >= 11 is 0. The maximum atomic E-state index is 12.2. The fourth-order valence-corrected chi connectivity index (χ4v) is 4.45. The van der Waals surface area contributed by atoms with Crippen molar-refractivity contribution < 1.29 is 8.42 Å². The summed E-state index contributed by atoms with van der Waals surface area (Å²) in [6.45, 7) is 0.968. The van der Waals surface area contributed by atoms with Crippen LogP contribution in [0.15, 0.2) is 36.7 Å². The van der Waals surface area contributed by atoms with Crippen LogP contribution in [0, 0.1) is 0 Å². The van der Waals surface area contributed by atoms with Crippen molar-refractivity contribution in [2.45, 2.75) is 12.8 Å². The minimum absolute atomic E-state index is 0.446. The van der Waals surface area contributed by atoms with E-state index in [2.05, 4.69) is 21.8 Å². The minimum atomic E-state index is -3.38. The zero-order valence-electron chi connectivity index (χ0n) is 11.4. The number of hydrogen-bond acceptors (Lipinski definition) is 3. The zero-order valence-corrected chi connectivity index (χ0v) is 12.2. The topological polar surface area (TPSA) is 62.3 Å². The average molecular weight is 301 g/mol. The molecule has 0 fully saturated rings. The van der Waals surface area contributed by atoms with Crippen LogP contribution in [0.25, 0.3) is 11.1 Å². The van der Waals surface area contributed by atoms with Crippen molar-refractivity contribution >= 4 is 15.9 Å². The molecule has 4 rings (SSSR count). The van der Waals surface area contributed by atoms with Crippen molar-refractivity contribution in [2.75, 3.05) is 17.4 Å². The Morgan fingerprint density at radius 2 is 1.95 bits per heavy atom. The van der Waals surface area contributed by atoms with Gasteiger partial charge in [-0.25, -0.2) is 0 Å². The van der Waals surface area contributed by atoms with Gasteiger partial charge in [0.15, 0.2) is 0 Å². The highest BCUT2D eigenvalue weighted by atomic mass is 32.2. The van der Waals surface area contributed by atoms with Crippen LogP contribution in [-0.4, -0.2) is 26.5 Å². The van der Waals surface area contributed by atoms with E-state index < -0.39 is 10.2 Å². The maximum absolute atomic E-state index is 12.2. The summed E-state index contributed by atoms with van der Waals surface area (Å²) < 4.78 is 28.5. The van der Waals surface area contributed by atoms with E-state index in [9.17, 15) is 8.42 Å². The first-order valence-corrected chi connectivity index (χ1v) is 8.43. The molecule has 0 spiro atoms. The Morgan fingerprint density at radius 3 is 2.71 bits per heavy atom. The summed E-state index contributed by atoms with van der Waals surface area (Å²) in [5.41, 5.74) is 5.26. The third-order valence-electron chi connectivity index (χ3n) is 4.07. The predicted molar refractivity (Wildman–Crippen MR) is 81.3 cm³/mol. The smallest absolute Gasteiger partial charge is 0.264 e. The Balaban J connectivity index is 1.91. The van der Waals surface area contributed by atoms with Gasteiger partial charge in [0.25, 0.3) is 0 Å². The third-order valence-corrected chi connectivity index (χ3v) is 5.58. The monoisotopic (exact) mass is 301 g/mol. The standard InChI is InChI=1S/C15H15N3O2S/c19-21(20)17-6-3-11-8-14(13-2-1-5-16-10-13)9-12-4-7-18(21)15(11)12/h1-2,5,8-10,17H,3-4,6-7H2. The van der Waals surface area contributed by atoms with Crippen LogP contribution in [-0.2, 0) is 23.1 Å². The lowest BCUT2D eigenvalue weighted by Crippen LogP contribution is -2.38. The van der Waals surface area contributed by atoms with Crippen LogP contribution in [0.1, 0.15) is 11.1 Å². The molecule has 0 aliphatic carbocycles. The van der Waals surface area contributed by atoms with E-state index in [4.69, 9.17) is 0 Å². The van der Waals surface area contributed by atoms with Crippen molar-refractivity contribution in [2.24, 2.45) is 0 Å². The second kappa shape index (κ2) is 4.54. The molecule has 0 amide bonds. The van der Waals surface area contributed by atoms with Gasteiger partial charge < -0.3 is 0 Å². The molecular weight excluding hydrogens is 286 g/mol. The van der Waals surface area contributed by atoms with E-state index in [-0.39, 0.29) is 0 Å². The van der Waals surface area contributed by atoms with Crippen LogP contribution in [0.4, 0.5) is 5.69 Å². The highest BCUT2D eigenvalue weighted by Crippen LogP contribution is 2.38. The zero-order chi connectivity index (χ0) is 14.4. The van der Waals surface area contributed by atoms with Gasteiger partial charge >= 0.3 is 10.2 Å². The van der Waals surface area contributed by atoms with Gasteiger partial charge in [-0.2, -0.15) is 13.1 Å². The van der Waals surface area contributed by atoms with Gasteiger partial charge in [0.05, 0.1) is 5.69 Å². The first kappa shape index (κ1) is 12.8. The average Bonchev–Trinajstić information content (AvgIpc) is 2.87. The first-order valence-electron chi connectivity index (χ1n) is 6.99. The van der Waals surface area contributed by atoms with Crippen molar-refractivity contribution in [3.63, 3.8) is 0 Å². The van der Waals surface area contributed by atoms with E-state index in [0.717, 1.165) is 34.4 Å². The molecule has 3 heterocycles. The number of benzene rings is 1. The summed E-state index contributed by atoms with van der Waals surface area (Å²) in [5.74, 6) is 0. The molecule has 2 aliphatic rings. The molecule has 108 valence electrons. The summed E-state index contributed by atoms with van der Waals surface area (Å²) in [4.78, 5) is 4.16. The molecule has 5 nitrogen and oxygen atoms in total. The minimum Gasteiger partial charge on any atom is -0.264 e. The van der Waals surface area contributed by atoms with Gasteiger partial charge in [0, 0.05) is 31.0 Å². The summed E-state index contributed by atoms with van der Waals surface area (Å²) in [6, 6.07) is 8.13. The molecule has 0 radical (unpaired) electrons. The van der Waals surface area contributed by atoms with Gasteiger partial charge in [-0.15, -0.1) is 0 Å². The lowest BCUT2D eigenvalue weighted by atomic mass is 9.97. The number of pyridine rings is 1. The van der Waals surface area contributed by atoms with E-state index in [1.165, 1.54) is 4.31 Å². The molecule has 0 atom stereocenters. The summed E-state index contributed by atoms with van der Waals surface area (Å²) in [7, 11) is -3.38. The number of nitrogens with one attached hydrogen (secondary N) is 1. The molecule has 2 aromatic rings. The van der Waals surface area contributed by atoms with Gasteiger partial charge in [-0.1, -0.05) is 6.07 Å². The lowest BCUT2D eigenvalue weighted by Gasteiger charge is -2.18. The Morgan fingerprint density at radius 1 is 1.14 bits per heavy atom. The number of aromatic nitrogens is 1. The van der Waals surface area contributed by atoms with Crippen LogP contribution in [0.5, 0.6) is 0 Å². The predicted octanol–water partition coefficient (Wildman–Crippen LogP) is 1.50. The first-order chi connectivity index (χ1) is 10.1. The summed E-state index contributed by atoms with van der Waals surface area (Å²) in [5, 5.41) is 0. The second-order valence-corrected chi connectivity index (χ2v) is 7.04. The number of nitrogens with zero attached hydrogens (tertiary/aromatic N) is 2. The highest BCUT2D eigenvalue weighted by molar-refractivity contribution is 7.90. The molecule has 0 saturated heterocycles. The molecule has 1 N–H and O–H groups in total. The third kappa shape index (κ3) is 2.02. The SMILES string of the molecule is O=S1(=O)NCCc2cc(-c3cccnc3)cc3c2N1CC3. The molecule has 21 heavy (non-hydrogen) atoms. The van der Waals surface area contributed by atoms with Gasteiger partial charge in [-0.3, -0.25) is 9.29 Å². The molecule has 1 aromatic carbocycles. The second-order valence-electron chi connectivity index (χ2n) is 5.36. The van der Waals surface area contributed by atoms with Gasteiger partial charge in [0.2, 0.25) is 0 Å². The van der Waals surface area contributed by atoms with Crippen molar-refractivity contribution in [1.82, 2.24) is 9.71 Å². The molecule has 0 saturated carbocycles. The van der Waals surface area contributed by atoms with E-state index in [1.54, 1.807) is 6.20 Å². The Hall–Kier alpha value is -1.92. The van der Waals surface area contributed by atoms with Crippen molar-refractivity contribution in [3.8, 4) is 11.1 Å². The Bertz CT molecular complexity index is 803. The van der Waals surface area contributed by atoms with Gasteiger partial charge in [0.1, 0.15) is 0 Å². The quantitative estimate of drug-likeness (QED) is 0.868. The van der Waals surface area contributed by atoms with Crippen LogP contribution >= 0.6 is 0 Å². The van der Waals surface area contributed by atoms with Crippen LogP contribution in [0.2, 0.25) is 0 Å². The maximum Gasteiger partial charge on any atom is 0.301 e. The van der Waals surface area contributed by atoms with E-state index >= 15 is 0 Å². The number of hydrogen-bond donors (Lipinski definition) is 1. The van der Waals surface area contributed by atoms with E-state index in [1.807, 2.05) is 18.3 Å². The molecule has 0 bridgehead atoms. The largest absolute Gasteiger partial charge is 0.301 e. The molecule has 6 heteroatoms. The van der Waals surface area contributed by atoms with Crippen LogP contribution < -0.4 is 9.03 Å². The normalized spacial score (nSPS) is 19.1. The van der Waals surface area contributed by atoms with E-state index in [0.29, 0.717) is 19.5 Å². The van der Waals surface area contributed by atoms with Crippen molar-refractivity contribution in [3.05, 3.63) is 47.8 Å². The number of rotatable bonds is 1. The molecule has 1 aromatic heterocycles. The molecular formula is C15H15N3O2S. The fourth-order valence-electron chi connectivity index (χ4n) is 3.13. The summed E-state index contributed by atoms with van der Waals surface area (Å²) in [6.07, 6.45) is 5.07. The number of anilines is 1. The highest BCUT2D eigenvalue weighted by Gasteiger charge is 2.33. The Labute approximate surface area is 123 Å². The lowest BCUT2D eigenvalue weighted by molar-refractivity contribution is 0.580. The van der Waals surface area contributed by atoms with Crippen molar-refractivity contribution in [1.29, 1.82) is 0 Å².